The Hall–Kier alpha value is -3.84. The van der Waals surface area contributed by atoms with Crippen LogP contribution in [0.1, 0.15) is 57.3 Å². The summed E-state index contributed by atoms with van der Waals surface area (Å²) >= 11 is 0. The van der Waals surface area contributed by atoms with Crippen LogP contribution >= 0.6 is 0 Å². The third kappa shape index (κ3) is 4.54. The Balaban J connectivity index is 1.32. The van der Waals surface area contributed by atoms with Crippen LogP contribution in [0.5, 0.6) is 0 Å². The smallest absolute Gasteiger partial charge is 0.274 e. The second-order valence-electron chi connectivity index (χ2n) is 9.47. The molecule has 4 aromatic rings. The number of furan rings is 1. The average molecular weight is 486 g/mol. The number of amides is 2. The SMILES string of the molecule is CCCCc1ccc(-c2cc3c(cc(C(=O)N4CCc5ccc(C(=O)NO)cc5CC4)n3C)o2)cc1. The number of nitrogens with one attached hydrogen (secondary N) is 1. The monoisotopic (exact) mass is 485 g/mol. The first-order valence-electron chi connectivity index (χ1n) is 12.5. The van der Waals surface area contributed by atoms with Crippen LogP contribution < -0.4 is 5.48 Å². The van der Waals surface area contributed by atoms with Crippen molar-refractivity contribution in [2.75, 3.05) is 13.1 Å². The summed E-state index contributed by atoms with van der Waals surface area (Å²) in [5, 5.41) is 8.92. The lowest BCUT2D eigenvalue weighted by molar-refractivity contribution is 0.0705. The molecule has 1 aliphatic rings. The van der Waals surface area contributed by atoms with E-state index in [0.717, 1.165) is 34.4 Å². The first kappa shape index (κ1) is 23.9. The highest BCUT2D eigenvalue weighted by atomic mass is 16.5. The number of hydrogen-bond donors (Lipinski definition) is 2. The molecule has 7 nitrogen and oxygen atoms in total. The van der Waals surface area contributed by atoms with Gasteiger partial charge in [0.15, 0.2) is 5.58 Å². The van der Waals surface area contributed by atoms with E-state index in [1.807, 2.05) is 34.7 Å². The molecule has 0 spiro atoms. The third-order valence-corrected chi connectivity index (χ3v) is 7.17. The lowest BCUT2D eigenvalue weighted by atomic mass is 10.00. The van der Waals surface area contributed by atoms with E-state index in [1.165, 1.54) is 18.4 Å². The molecule has 7 heteroatoms. The van der Waals surface area contributed by atoms with E-state index in [4.69, 9.17) is 9.62 Å². The van der Waals surface area contributed by atoms with Gasteiger partial charge in [-0.3, -0.25) is 14.8 Å². The molecular weight excluding hydrogens is 454 g/mol. The summed E-state index contributed by atoms with van der Waals surface area (Å²) in [4.78, 5) is 27.1. The van der Waals surface area contributed by atoms with Gasteiger partial charge in [-0.05, 0) is 54.5 Å². The van der Waals surface area contributed by atoms with Crippen molar-refractivity contribution in [3.8, 4) is 11.3 Å². The number of aromatic nitrogens is 1. The highest BCUT2D eigenvalue weighted by Gasteiger charge is 2.24. The maximum atomic E-state index is 13.5. The normalized spacial score (nSPS) is 13.5. The molecule has 0 atom stereocenters. The summed E-state index contributed by atoms with van der Waals surface area (Å²) in [5.74, 6) is 0.226. The highest BCUT2D eigenvalue weighted by molar-refractivity contribution is 5.98. The number of unbranched alkanes of at least 4 members (excludes halogenated alkanes) is 1. The molecule has 0 aliphatic carbocycles. The number of carbonyl (C=O) groups is 2. The van der Waals surface area contributed by atoms with Gasteiger partial charge in [-0.15, -0.1) is 0 Å². The van der Waals surface area contributed by atoms with Crippen molar-refractivity contribution < 1.29 is 19.2 Å². The van der Waals surface area contributed by atoms with Crippen LogP contribution in [-0.2, 0) is 26.3 Å². The number of hydrogen-bond acceptors (Lipinski definition) is 4. The zero-order chi connectivity index (χ0) is 25.2. The Labute approximate surface area is 210 Å². The number of aryl methyl sites for hydroxylation is 2. The van der Waals surface area contributed by atoms with E-state index < -0.39 is 5.91 Å². The van der Waals surface area contributed by atoms with Crippen LogP contribution in [0.2, 0.25) is 0 Å². The van der Waals surface area contributed by atoms with Gasteiger partial charge in [0.1, 0.15) is 11.5 Å². The molecule has 1 aliphatic heterocycles. The predicted octanol–water partition coefficient (Wildman–Crippen LogP) is 5.14. The van der Waals surface area contributed by atoms with Gasteiger partial charge in [0.25, 0.3) is 11.8 Å². The summed E-state index contributed by atoms with van der Waals surface area (Å²) in [5.41, 5.74) is 8.77. The minimum Gasteiger partial charge on any atom is -0.454 e. The lowest BCUT2D eigenvalue weighted by Crippen LogP contribution is -2.34. The summed E-state index contributed by atoms with van der Waals surface area (Å²) < 4.78 is 8.05. The van der Waals surface area contributed by atoms with E-state index in [1.54, 1.807) is 17.6 Å². The summed E-state index contributed by atoms with van der Waals surface area (Å²) in [7, 11) is 1.90. The molecule has 0 unspecified atom stereocenters. The summed E-state index contributed by atoms with van der Waals surface area (Å²) in [6.07, 6.45) is 4.81. The van der Waals surface area contributed by atoms with Gasteiger partial charge in [0.05, 0.1) is 5.52 Å². The summed E-state index contributed by atoms with van der Waals surface area (Å²) in [6, 6.07) is 17.7. The number of benzene rings is 2. The van der Waals surface area contributed by atoms with E-state index in [-0.39, 0.29) is 5.91 Å². The first-order valence-corrected chi connectivity index (χ1v) is 12.5. The number of fused-ring (bicyclic) bond motifs is 2. The van der Waals surface area contributed by atoms with Crippen molar-refractivity contribution >= 4 is 22.9 Å². The van der Waals surface area contributed by atoms with Crippen LogP contribution in [0.25, 0.3) is 22.4 Å². The van der Waals surface area contributed by atoms with Crippen LogP contribution in [0.3, 0.4) is 0 Å². The van der Waals surface area contributed by atoms with Crippen LogP contribution in [-0.4, -0.2) is 39.6 Å². The Morgan fingerprint density at radius 1 is 1.00 bits per heavy atom. The van der Waals surface area contributed by atoms with E-state index >= 15 is 0 Å². The van der Waals surface area contributed by atoms with E-state index in [0.29, 0.717) is 42.8 Å². The second-order valence-corrected chi connectivity index (χ2v) is 9.47. The molecule has 2 N–H and O–H groups in total. The second kappa shape index (κ2) is 10.0. The molecule has 0 radical (unpaired) electrons. The zero-order valence-electron chi connectivity index (χ0n) is 20.7. The van der Waals surface area contributed by atoms with Crippen molar-refractivity contribution in [2.24, 2.45) is 7.05 Å². The molecule has 0 fully saturated rings. The largest absolute Gasteiger partial charge is 0.454 e. The fourth-order valence-corrected chi connectivity index (χ4v) is 4.97. The molecule has 2 aromatic heterocycles. The molecular formula is C29H31N3O4. The number of carbonyl (C=O) groups excluding carboxylic acids is 2. The Morgan fingerprint density at radius 2 is 1.75 bits per heavy atom. The van der Waals surface area contributed by atoms with Gasteiger partial charge in [-0.2, -0.15) is 0 Å². The quantitative estimate of drug-likeness (QED) is 0.292. The Morgan fingerprint density at radius 3 is 2.44 bits per heavy atom. The number of nitrogens with zero attached hydrogens (tertiary/aromatic N) is 2. The lowest BCUT2D eigenvalue weighted by Gasteiger charge is -2.20. The van der Waals surface area contributed by atoms with E-state index in [9.17, 15) is 9.59 Å². The van der Waals surface area contributed by atoms with Crippen LogP contribution in [0.4, 0.5) is 0 Å². The van der Waals surface area contributed by atoms with Crippen molar-refractivity contribution in [2.45, 2.75) is 39.0 Å². The highest BCUT2D eigenvalue weighted by Crippen LogP contribution is 2.31. The first-order chi connectivity index (χ1) is 17.5. The van der Waals surface area contributed by atoms with Gasteiger partial charge in [-0.1, -0.05) is 43.7 Å². The Bertz CT molecular complexity index is 1410. The maximum absolute atomic E-state index is 13.5. The topological polar surface area (TPSA) is 87.7 Å². The fourth-order valence-electron chi connectivity index (χ4n) is 4.97. The van der Waals surface area contributed by atoms with Crippen molar-refractivity contribution in [3.63, 3.8) is 0 Å². The molecule has 36 heavy (non-hydrogen) atoms. The molecule has 2 aromatic carbocycles. The minimum atomic E-state index is -0.534. The molecule has 0 bridgehead atoms. The average Bonchev–Trinajstić information content (AvgIpc) is 3.38. The fraction of sp³-hybridized carbons (Fsp3) is 0.310. The molecule has 0 saturated heterocycles. The standard InChI is InChI=1S/C29H31N3O4/c1-3-4-5-19-6-8-21(9-7-19)26-17-24-27(36-26)18-25(31(24)2)29(34)32-14-12-20-10-11-23(28(33)30-35)16-22(20)13-15-32/h6-11,16-18,35H,3-5,12-15H2,1-2H3,(H,30,33). The van der Waals surface area contributed by atoms with Crippen molar-refractivity contribution in [1.82, 2.24) is 14.9 Å². The number of rotatable bonds is 6. The molecule has 0 saturated carbocycles. The van der Waals surface area contributed by atoms with Crippen molar-refractivity contribution in [1.29, 1.82) is 0 Å². The molecule has 2 amide bonds. The van der Waals surface area contributed by atoms with Crippen molar-refractivity contribution in [3.05, 3.63) is 82.5 Å². The molecule has 186 valence electrons. The summed E-state index contributed by atoms with van der Waals surface area (Å²) in [6.45, 7) is 3.35. The predicted molar refractivity (Wildman–Crippen MR) is 138 cm³/mol. The Kier molecular flexibility index (Phi) is 6.65. The zero-order valence-corrected chi connectivity index (χ0v) is 20.7. The van der Waals surface area contributed by atoms with Gasteiger partial charge in [0.2, 0.25) is 0 Å². The number of hydroxylamine groups is 1. The van der Waals surface area contributed by atoms with E-state index in [2.05, 4.69) is 31.2 Å². The van der Waals surface area contributed by atoms with Gasteiger partial charge < -0.3 is 13.9 Å². The van der Waals surface area contributed by atoms with Gasteiger partial charge >= 0.3 is 0 Å². The molecule has 5 rings (SSSR count). The molecule has 3 heterocycles. The minimum absolute atomic E-state index is 0.0353. The third-order valence-electron chi connectivity index (χ3n) is 7.17. The maximum Gasteiger partial charge on any atom is 0.274 e. The van der Waals surface area contributed by atoms with Gasteiger partial charge in [0, 0.05) is 43.4 Å². The van der Waals surface area contributed by atoms with Gasteiger partial charge in [-0.25, -0.2) is 5.48 Å². The van der Waals surface area contributed by atoms with Crippen LogP contribution in [0.15, 0.2) is 59.0 Å². The van der Waals surface area contributed by atoms with Crippen LogP contribution in [0, 0.1) is 0 Å².